The zero-order valence-electron chi connectivity index (χ0n) is 9.92. The van der Waals surface area contributed by atoms with Gasteiger partial charge in [0, 0.05) is 17.2 Å². The highest BCUT2D eigenvalue weighted by Crippen LogP contribution is 2.46. The van der Waals surface area contributed by atoms with Crippen molar-refractivity contribution in [1.29, 1.82) is 0 Å². The van der Waals surface area contributed by atoms with Gasteiger partial charge in [0.15, 0.2) is 11.5 Å². The minimum Gasteiger partial charge on any atom is -0.506 e. The van der Waals surface area contributed by atoms with Crippen LogP contribution in [0.3, 0.4) is 0 Å². The van der Waals surface area contributed by atoms with E-state index in [4.69, 9.17) is 26.8 Å². The zero-order chi connectivity index (χ0) is 12.6. The molecule has 0 saturated heterocycles. The molecule has 1 aromatic carbocycles. The molecule has 3 N–H and O–H groups in total. The number of aromatic hydroxyl groups is 1. The molecule has 1 saturated carbocycles. The predicted octanol–water partition coefficient (Wildman–Crippen LogP) is 2.10. The quantitative estimate of drug-likeness (QED) is 0.867. The lowest BCUT2D eigenvalue weighted by Gasteiger charge is -2.17. The first-order valence-corrected chi connectivity index (χ1v) is 5.80. The van der Waals surface area contributed by atoms with Gasteiger partial charge in [0.05, 0.1) is 19.2 Å². The van der Waals surface area contributed by atoms with Crippen molar-refractivity contribution in [3.05, 3.63) is 16.7 Å². The third-order valence-electron chi connectivity index (χ3n) is 3.10. The number of halogens is 1. The minimum absolute atomic E-state index is 0.0106. The number of hydrogen-bond donors (Lipinski definition) is 2. The molecule has 1 aliphatic carbocycles. The fourth-order valence-electron chi connectivity index (χ4n) is 1.88. The summed E-state index contributed by atoms with van der Waals surface area (Å²) in [5.41, 5.74) is 6.58. The topological polar surface area (TPSA) is 64.7 Å². The van der Waals surface area contributed by atoms with E-state index < -0.39 is 0 Å². The fourth-order valence-corrected chi connectivity index (χ4v) is 2.09. The molecule has 0 atom stereocenters. The Hall–Kier alpha value is -1.13. The lowest BCUT2D eigenvalue weighted by molar-refractivity contribution is 0.347. The van der Waals surface area contributed by atoms with Gasteiger partial charge in [0.1, 0.15) is 5.75 Å². The molecular weight excluding hydrogens is 242 g/mol. The van der Waals surface area contributed by atoms with Crippen LogP contribution in [0.5, 0.6) is 17.2 Å². The van der Waals surface area contributed by atoms with Crippen molar-refractivity contribution >= 4 is 11.6 Å². The Kier molecular flexibility index (Phi) is 3.10. The zero-order valence-corrected chi connectivity index (χ0v) is 10.7. The summed E-state index contributed by atoms with van der Waals surface area (Å²) in [5.74, 6) is 1.00. The highest BCUT2D eigenvalue weighted by Gasteiger charge is 2.40. The Labute approximate surface area is 105 Å². The molecule has 5 heteroatoms. The van der Waals surface area contributed by atoms with Gasteiger partial charge in [-0.15, -0.1) is 0 Å². The second-order valence-electron chi connectivity index (χ2n) is 4.46. The van der Waals surface area contributed by atoms with Gasteiger partial charge in [-0.1, -0.05) is 11.6 Å². The maximum atomic E-state index is 9.74. The number of rotatable bonds is 4. The van der Waals surface area contributed by atoms with E-state index in [1.807, 2.05) is 0 Å². The van der Waals surface area contributed by atoms with Crippen molar-refractivity contribution in [2.75, 3.05) is 14.2 Å². The van der Waals surface area contributed by atoms with Gasteiger partial charge in [-0.25, -0.2) is 0 Å². The molecule has 0 aliphatic heterocycles. The molecule has 17 heavy (non-hydrogen) atoms. The number of methoxy groups -OCH3 is 2. The first-order valence-electron chi connectivity index (χ1n) is 5.42. The van der Waals surface area contributed by atoms with Crippen LogP contribution >= 0.6 is 11.6 Å². The first kappa shape index (κ1) is 12.3. The molecule has 0 heterocycles. The van der Waals surface area contributed by atoms with E-state index in [2.05, 4.69) is 0 Å². The van der Waals surface area contributed by atoms with E-state index in [0.717, 1.165) is 12.8 Å². The Balaban J connectivity index is 2.48. The summed E-state index contributed by atoms with van der Waals surface area (Å²) in [6, 6.07) is 1.45. The summed E-state index contributed by atoms with van der Waals surface area (Å²) in [7, 11) is 3.06. The smallest absolute Gasteiger partial charge is 0.165 e. The first-order chi connectivity index (χ1) is 8.00. The van der Waals surface area contributed by atoms with Crippen LogP contribution in [0.1, 0.15) is 18.4 Å². The van der Waals surface area contributed by atoms with E-state index in [-0.39, 0.29) is 11.3 Å². The van der Waals surface area contributed by atoms with Crippen molar-refractivity contribution in [1.82, 2.24) is 0 Å². The fraction of sp³-hybridized carbons (Fsp3) is 0.500. The van der Waals surface area contributed by atoms with Gasteiger partial charge < -0.3 is 20.3 Å². The number of phenolic OH excluding ortho intramolecular Hbond substituents is 1. The number of hydrogen-bond acceptors (Lipinski definition) is 4. The van der Waals surface area contributed by atoms with Crippen LogP contribution in [-0.4, -0.2) is 24.9 Å². The molecule has 1 aliphatic rings. The number of benzene rings is 1. The van der Waals surface area contributed by atoms with E-state index >= 15 is 0 Å². The van der Waals surface area contributed by atoms with Crippen LogP contribution in [0.2, 0.25) is 5.02 Å². The van der Waals surface area contributed by atoms with Crippen molar-refractivity contribution in [2.45, 2.75) is 24.8 Å². The summed E-state index contributed by atoms with van der Waals surface area (Å²) in [6.07, 6.45) is 2.51. The lowest BCUT2D eigenvalue weighted by Crippen LogP contribution is -2.25. The summed E-state index contributed by atoms with van der Waals surface area (Å²) in [4.78, 5) is 0. The lowest BCUT2D eigenvalue weighted by atomic mass is 10.0. The Bertz CT molecular complexity index is 444. The standard InChI is InChI=1S/C12H16ClNO3/c1-16-9-5-8(15)10(13)7(11(9)17-2)6-12(14)3-4-12/h5,15H,3-4,6,14H2,1-2H3. The van der Waals surface area contributed by atoms with Gasteiger partial charge in [0.2, 0.25) is 0 Å². The molecule has 94 valence electrons. The predicted molar refractivity (Wildman–Crippen MR) is 66.1 cm³/mol. The summed E-state index contributed by atoms with van der Waals surface area (Å²) < 4.78 is 10.5. The van der Waals surface area contributed by atoms with E-state index in [0.29, 0.717) is 28.5 Å². The van der Waals surface area contributed by atoms with Crippen LogP contribution in [-0.2, 0) is 6.42 Å². The highest BCUT2D eigenvalue weighted by atomic mass is 35.5. The Morgan fingerprint density at radius 3 is 2.53 bits per heavy atom. The maximum absolute atomic E-state index is 9.74. The van der Waals surface area contributed by atoms with Crippen molar-refractivity contribution in [2.24, 2.45) is 5.73 Å². The average Bonchev–Trinajstić information content (AvgIpc) is 3.02. The molecule has 0 amide bonds. The number of phenols is 1. The van der Waals surface area contributed by atoms with E-state index in [1.165, 1.54) is 13.2 Å². The van der Waals surface area contributed by atoms with Gasteiger partial charge >= 0.3 is 0 Å². The van der Waals surface area contributed by atoms with Crippen LogP contribution in [0.15, 0.2) is 6.07 Å². The summed E-state index contributed by atoms with van der Waals surface area (Å²) in [5, 5.41) is 10.0. The Morgan fingerprint density at radius 2 is 2.06 bits per heavy atom. The number of nitrogens with two attached hydrogens (primary N) is 1. The molecule has 0 aromatic heterocycles. The SMILES string of the molecule is COc1cc(O)c(Cl)c(CC2(N)CC2)c1OC. The second kappa shape index (κ2) is 4.27. The van der Waals surface area contributed by atoms with Gasteiger partial charge in [-0.05, 0) is 19.3 Å². The van der Waals surface area contributed by atoms with Crippen molar-refractivity contribution in [3.63, 3.8) is 0 Å². The van der Waals surface area contributed by atoms with Crippen LogP contribution in [0.25, 0.3) is 0 Å². The average molecular weight is 258 g/mol. The molecule has 1 aromatic rings. The van der Waals surface area contributed by atoms with Crippen LogP contribution in [0, 0.1) is 0 Å². The minimum atomic E-state index is -0.213. The molecule has 0 radical (unpaired) electrons. The monoisotopic (exact) mass is 257 g/mol. The molecule has 0 spiro atoms. The second-order valence-corrected chi connectivity index (χ2v) is 4.84. The summed E-state index contributed by atoms with van der Waals surface area (Å²) in [6.45, 7) is 0. The van der Waals surface area contributed by atoms with Crippen LogP contribution in [0.4, 0.5) is 0 Å². The highest BCUT2D eigenvalue weighted by molar-refractivity contribution is 6.33. The van der Waals surface area contributed by atoms with Crippen molar-refractivity contribution in [3.8, 4) is 17.2 Å². The van der Waals surface area contributed by atoms with Gasteiger partial charge in [0.25, 0.3) is 0 Å². The molecule has 4 nitrogen and oxygen atoms in total. The van der Waals surface area contributed by atoms with Gasteiger partial charge in [-0.3, -0.25) is 0 Å². The van der Waals surface area contributed by atoms with E-state index in [1.54, 1.807) is 7.11 Å². The van der Waals surface area contributed by atoms with Gasteiger partial charge in [-0.2, -0.15) is 0 Å². The largest absolute Gasteiger partial charge is 0.506 e. The molecule has 0 bridgehead atoms. The normalized spacial score (nSPS) is 16.7. The molecule has 1 fully saturated rings. The van der Waals surface area contributed by atoms with Crippen molar-refractivity contribution < 1.29 is 14.6 Å². The van der Waals surface area contributed by atoms with E-state index in [9.17, 15) is 5.11 Å². The van der Waals surface area contributed by atoms with Crippen LogP contribution < -0.4 is 15.2 Å². The molecular formula is C12H16ClNO3. The summed E-state index contributed by atoms with van der Waals surface area (Å²) >= 11 is 6.10. The third kappa shape index (κ3) is 2.28. The third-order valence-corrected chi connectivity index (χ3v) is 3.52. The number of ether oxygens (including phenoxy) is 2. The maximum Gasteiger partial charge on any atom is 0.165 e. The Morgan fingerprint density at radius 1 is 1.41 bits per heavy atom. The molecule has 0 unspecified atom stereocenters. The molecule has 2 rings (SSSR count).